The Morgan fingerprint density at radius 3 is 2.53 bits per heavy atom. The van der Waals surface area contributed by atoms with Gasteiger partial charge in [0.15, 0.2) is 17.4 Å². The number of rotatable bonds is 6. The van der Waals surface area contributed by atoms with Crippen LogP contribution in [0.3, 0.4) is 0 Å². The highest BCUT2D eigenvalue weighted by Gasteiger charge is 2.62. The largest absolute Gasteiger partial charge is 0.444 e. The molecular formula is C39H44F3N3O7S. The molecule has 14 heteroatoms. The third-order valence-electron chi connectivity index (χ3n) is 11.9. The topological polar surface area (TPSA) is 130 Å². The second-order valence-electron chi connectivity index (χ2n) is 15.7. The molecule has 3 aliphatic heterocycles. The summed E-state index contributed by atoms with van der Waals surface area (Å²) in [6.07, 6.45) is 6.30. The van der Waals surface area contributed by atoms with Crippen molar-refractivity contribution in [1.29, 1.82) is 0 Å². The van der Waals surface area contributed by atoms with Crippen LogP contribution in [0.4, 0.5) is 18.0 Å². The zero-order valence-corrected chi connectivity index (χ0v) is 30.4. The van der Waals surface area contributed by atoms with Gasteiger partial charge in [-0.2, -0.15) is 0 Å². The SMILES string of the molecule is CC1(S(=O)(=O)NC(=O)[C@]23CC(=O)[C@@H]4C[C@@H](OC(=O)N5Cc6cccc(F)c6C5)CN4C(=O)[C@@H](Cc4ccc(F)c(F)c4)CCCCC/C=C\[C@@H]2C3)CC1. The molecule has 10 nitrogen and oxygen atoms in total. The maximum absolute atomic E-state index is 14.5. The number of nitrogens with zero attached hydrogens (tertiary/aromatic N) is 2. The van der Waals surface area contributed by atoms with Gasteiger partial charge in [-0.15, -0.1) is 0 Å². The Labute approximate surface area is 307 Å². The van der Waals surface area contributed by atoms with E-state index in [0.717, 1.165) is 25.0 Å². The molecule has 1 saturated heterocycles. The molecule has 2 saturated carbocycles. The highest BCUT2D eigenvalue weighted by molar-refractivity contribution is 7.91. The molecule has 53 heavy (non-hydrogen) atoms. The Hall–Kier alpha value is -4.20. The molecule has 2 aliphatic carbocycles. The van der Waals surface area contributed by atoms with Crippen molar-refractivity contribution >= 4 is 33.7 Å². The zero-order valence-electron chi connectivity index (χ0n) is 29.6. The highest BCUT2D eigenvalue weighted by Crippen LogP contribution is 2.57. The quantitative estimate of drug-likeness (QED) is 0.366. The first-order chi connectivity index (χ1) is 25.2. The van der Waals surface area contributed by atoms with Crippen LogP contribution in [0.15, 0.2) is 48.6 Å². The zero-order chi connectivity index (χ0) is 37.7. The number of carbonyl (C=O) groups is 4. The van der Waals surface area contributed by atoms with Crippen molar-refractivity contribution in [2.45, 2.75) is 108 Å². The molecule has 1 N–H and O–H groups in total. The lowest BCUT2D eigenvalue weighted by molar-refractivity contribution is -0.142. The van der Waals surface area contributed by atoms with Crippen LogP contribution in [0.2, 0.25) is 0 Å². The summed E-state index contributed by atoms with van der Waals surface area (Å²) in [5.41, 5.74) is 0.131. The van der Waals surface area contributed by atoms with Crippen molar-refractivity contribution in [1.82, 2.24) is 14.5 Å². The molecule has 5 atom stereocenters. The van der Waals surface area contributed by atoms with Gasteiger partial charge < -0.3 is 9.64 Å². The molecule has 284 valence electrons. The van der Waals surface area contributed by atoms with E-state index in [2.05, 4.69) is 4.72 Å². The second kappa shape index (κ2) is 14.2. The maximum atomic E-state index is 14.5. The minimum absolute atomic E-state index is 0.00333. The van der Waals surface area contributed by atoms with Crippen LogP contribution in [0.25, 0.3) is 0 Å². The van der Waals surface area contributed by atoms with E-state index in [-0.39, 0.29) is 51.2 Å². The van der Waals surface area contributed by atoms with Crippen LogP contribution in [-0.2, 0) is 48.7 Å². The number of ether oxygens (including phenoxy) is 1. The predicted molar refractivity (Wildman–Crippen MR) is 187 cm³/mol. The van der Waals surface area contributed by atoms with Gasteiger partial charge in [0, 0.05) is 30.9 Å². The van der Waals surface area contributed by atoms with Crippen LogP contribution < -0.4 is 4.72 Å². The number of ketones is 1. The third kappa shape index (κ3) is 7.48. The lowest BCUT2D eigenvalue weighted by Crippen LogP contribution is -2.47. The van der Waals surface area contributed by atoms with Crippen LogP contribution in [0.1, 0.15) is 87.8 Å². The predicted octanol–water partition coefficient (Wildman–Crippen LogP) is 5.87. The first-order valence-corrected chi connectivity index (χ1v) is 19.9. The van der Waals surface area contributed by atoms with Gasteiger partial charge in [-0.05, 0) is 87.1 Å². The van der Waals surface area contributed by atoms with Gasteiger partial charge in [0.2, 0.25) is 21.8 Å². The first-order valence-electron chi connectivity index (χ1n) is 18.4. The second-order valence-corrected chi connectivity index (χ2v) is 17.9. The molecule has 0 bridgehead atoms. The summed E-state index contributed by atoms with van der Waals surface area (Å²) < 4.78 is 75.8. The molecule has 5 aliphatic rings. The van der Waals surface area contributed by atoms with Crippen molar-refractivity contribution in [2.75, 3.05) is 6.54 Å². The van der Waals surface area contributed by atoms with Gasteiger partial charge in [0.25, 0.3) is 0 Å². The molecule has 3 fully saturated rings. The van der Waals surface area contributed by atoms with E-state index in [9.17, 15) is 40.8 Å². The van der Waals surface area contributed by atoms with E-state index >= 15 is 0 Å². The summed E-state index contributed by atoms with van der Waals surface area (Å²) in [6.45, 7) is 1.58. The summed E-state index contributed by atoms with van der Waals surface area (Å²) >= 11 is 0. The number of hydrogen-bond acceptors (Lipinski definition) is 7. The number of benzene rings is 2. The number of sulfonamides is 1. The van der Waals surface area contributed by atoms with Gasteiger partial charge in [-0.25, -0.2) is 26.4 Å². The number of fused-ring (bicyclic) bond motifs is 3. The minimum atomic E-state index is -3.99. The molecule has 0 radical (unpaired) electrons. The number of amides is 3. The van der Waals surface area contributed by atoms with Crippen molar-refractivity contribution in [3.63, 3.8) is 0 Å². The van der Waals surface area contributed by atoms with Crippen molar-refractivity contribution in [3.05, 3.63) is 82.7 Å². The fourth-order valence-electron chi connectivity index (χ4n) is 8.10. The minimum Gasteiger partial charge on any atom is -0.444 e. The van der Waals surface area contributed by atoms with Gasteiger partial charge in [0.05, 0.1) is 29.3 Å². The normalized spacial score (nSPS) is 28.9. The van der Waals surface area contributed by atoms with E-state index in [4.69, 9.17) is 4.74 Å². The van der Waals surface area contributed by atoms with Crippen molar-refractivity contribution in [3.8, 4) is 0 Å². The fourth-order valence-corrected chi connectivity index (χ4v) is 9.43. The Kier molecular flexibility index (Phi) is 9.96. The molecule has 3 heterocycles. The Morgan fingerprint density at radius 1 is 1.00 bits per heavy atom. The molecule has 3 amide bonds. The lowest BCUT2D eigenvalue weighted by atomic mass is 9.90. The van der Waals surface area contributed by atoms with E-state index < -0.39 is 79.4 Å². The van der Waals surface area contributed by atoms with Crippen LogP contribution >= 0.6 is 0 Å². The highest BCUT2D eigenvalue weighted by atomic mass is 32.2. The Balaban J connectivity index is 1.16. The molecule has 0 unspecified atom stereocenters. The van der Waals surface area contributed by atoms with Gasteiger partial charge in [-0.1, -0.05) is 43.2 Å². The molecule has 2 aromatic carbocycles. The fraction of sp³-hybridized carbons (Fsp3) is 0.538. The third-order valence-corrected chi connectivity index (χ3v) is 14.0. The summed E-state index contributed by atoms with van der Waals surface area (Å²) in [5.74, 6) is -5.19. The van der Waals surface area contributed by atoms with E-state index in [0.29, 0.717) is 48.8 Å². The monoisotopic (exact) mass is 755 g/mol. The Bertz CT molecular complexity index is 1970. The first kappa shape index (κ1) is 37.1. The number of allylic oxidation sites excluding steroid dienone is 2. The summed E-state index contributed by atoms with van der Waals surface area (Å²) in [6, 6.07) is 7.00. The summed E-state index contributed by atoms with van der Waals surface area (Å²) in [4.78, 5) is 58.8. The average Bonchev–Trinajstić information content (AvgIpc) is 3.90. The van der Waals surface area contributed by atoms with Gasteiger partial charge >= 0.3 is 6.09 Å². The number of carbonyl (C=O) groups excluding carboxylic acids is 4. The van der Waals surface area contributed by atoms with Crippen molar-refractivity contribution < 1.29 is 45.5 Å². The molecule has 0 aromatic heterocycles. The average molecular weight is 756 g/mol. The lowest BCUT2D eigenvalue weighted by Gasteiger charge is -2.29. The Morgan fingerprint density at radius 2 is 1.79 bits per heavy atom. The van der Waals surface area contributed by atoms with Crippen LogP contribution in [0.5, 0.6) is 0 Å². The molecule has 0 spiro atoms. The standard InChI is InChI=1S/C39H44F3N3O7S/c1-38(14-15-38)53(50,51)43-36(48)39-19-27(39)10-6-4-2-3-5-8-25(16-24-12-13-31(41)32(42)17-24)35(47)45-22-28(18-33(45)34(46)20-39)52-37(49)44-21-26-9-7-11-30(40)29(26)23-44/h6-7,9-13,17,25,27-28,33H,2-5,8,14-16,18-23H2,1H3,(H,43,48)/b10-6-/t25-,27-,28-,33+,39-/m1/s1. The molecular weight excluding hydrogens is 712 g/mol. The number of nitrogens with one attached hydrogen (secondary N) is 1. The van der Waals surface area contributed by atoms with Crippen LogP contribution in [-0.4, -0.2) is 65.3 Å². The molecule has 7 rings (SSSR count). The number of Topliss-reactive ketones (excluding diaryl/α,β-unsaturated/α-hetero) is 1. The summed E-state index contributed by atoms with van der Waals surface area (Å²) in [5, 5.41) is 0. The van der Waals surface area contributed by atoms with Gasteiger partial charge in [0.1, 0.15) is 11.9 Å². The van der Waals surface area contributed by atoms with Crippen LogP contribution in [0, 0.1) is 34.7 Å². The molecule has 2 aromatic rings. The summed E-state index contributed by atoms with van der Waals surface area (Å²) in [7, 11) is -3.99. The van der Waals surface area contributed by atoms with E-state index in [1.165, 1.54) is 21.9 Å². The number of hydrogen-bond donors (Lipinski definition) is 1. The smallest absolute Gasteiger partial charge is 0.410 e. The number of halogens is 3. The van der Waals surface area contributed by atoms with Crippen molar-refractivity contribution in [2.24, 2.45) is 17.3 Å². The van der Waals surface area contributed by atoms with E-state index in [1.807, 2.05) is 12.2 Å². The maximum Gasteiger partial charge on any atom is 0.410 e. The van der Waals surface area contributed by atoms with Gasteiger partial charge in [-0.3, -0.25) is 24.0 Å². The van der Waals surface area contributed by atoms with E-state index in [1.54, 1.807) is 19.1 Å².